The Balaban J connectivity index is 1.41. The monoisotopic (exact) mass is 398 g/mol. The molecule has 1 aliphatic rings. The molecule has 148 valence electrons. The average molecular weight is 398 g/mol. The summed E-state index contributed by atoms with van der Waals surface area (Å²) in [5.74, 6) is -0.877. The quantitative estimate of drug-likeness (QED) is 0.477. The topological polar surface area (TPSA) is 72.6 Å². The van der Waals surface area contributed by atoms with Gasteiger partial charge in [0.25, 0.3) is 5.91 Å². The van der Waals surface area contributed by atoms with Crippen LogP contribution in [0.5, 0.6) is 0 Å². The molecular formula is C24H18N2O4. The molecule has 0 unspecified atom stereocenters. The second-order valence-electron chi connectivity index (χ2n) is 7.10. The molecule has 6 nitrogen and oxygen atoms in total. The van der Waals surface area contributed by atoms with E-state index in [1.807, 2.05) is 48.5 Å². The second kappa shape index (κ2) is 7.48. The summed E-state index contributed by atoms with van der Waals surface area (Å²) in [4.78, 5) is 31.4. The Labute approximate surface area is 172 Å². The Morgan fingerprint density at radius 2 is 1.60 bits per heavy atom. The number of oxazole rings is 1. The fourth-order valence-electron chi connectivity index (χ4n) is 3.81. The first kappa shape index (κ1) is 18.1. The summed E-state index contributed by atoms with van der Waals surface area (Å²) in [5.41, 5.74) is 5.29. The van der Waals surface area contributed by atoms with Crippen LogP contribution >= 0.6 is 0 Å². The van der Waals surface area contributed by atoms with E-state index < -0.39 is 5.97 Å². The fourth-order valence-corrected chi connectivity index (χ4v) is 3.81. The molecule has 4 aromatic rings. The summed E-state index contributed by atoms with van der Waals surface area (Å²) in [6.07, 6.45) is 3.00. The third-order valence-corrected chi connectivity index (χ3v) is 5.27. The van der Waals surface area contributed by atoms with Crippen LogP contribution < -0.4 is 4.90 Å². The second-order valence-corrected chi connectivity index (χ2v) is 7.10. The number of anilines is 2. The lowest BCUT2D eigenvalue weighted by Crippen LogP contribution is -2.31. The standard InChI is InChI=1S/C24H18N2O4/c27-23(14-29-24(28)18-11-12-22-19(13-18)25-15-30-22)26-20-7-3-1-5-16(20)9-10-17-6-2-4-8-21(17)26/h1-8,11-13,15H,9-10,14H2. The number of benzene rings is 3. The van der Waals surface area contributed by atoms with Crippen molar-refractivity contribution in [1.29, 1.82) is 0 Å². The zero-order valence-electron chi connectivity index (χ0n) is 16.1. The van der Waals surface area contributed by atoms with Crippen LogP contribution in [0.3, 0.4) is 0 Å². The number of fused-ring (bicyclic) bond motifs is 3. The molecule has 0 bridgehead atoms. The highest BCUT2D eigenvalue weighted by atomic mass is 16.5. The summed E-state index contributed by atoms with van der Waals surface area (Å²) in [6.45, 7) is -0.363. The lowest BCUT2D eigenvalue weighted by molar-refractivity contribution is -0.120. The van der Waals surface area contributed by atoms with Crippen molar-refractivity contribution in [2.45, 2.75) is 12.8 Å². The van der Waals surface area contributed by atoms with E-state index in [0.717, 1.165) is 35.3 Å². The van der Waals surface area contributed by atoms with E-state index in [-0.39, 0.29) is 12.5 Å². The molecule has 0 spiro atoms. The number of para-hydroxylation sites is 2. The number of nitrogens with zero attached hydrogens (tertiary/aromatic N) is 2. The zero-order valence-corrected chi connectivity index (χ0v) is 16.1. The van der Waals surface area contributed by atoms with Gasteiger partial charge in [-0.15, -0.1) is 0 Å². The van der Waals surface area contributed by atoms with Gasteiger partial charge in [-0.05, 0) is 54.3 Å². The molecule has 30 heavy (non-hydrogen) atoms. The third-order valence-electron chi connectivity index (χ3n) is 5.27. The number of rotatable bonds is 3. The summed E-state index contributed by atoms with van der Waals surface area (Å²) in [7, 11) is 0. The predicted molar refractivity (Wildman–Crippen MR) is 112 cm³/mol. The molecule has 1 aromatic heterocycles. The van der Waals surface area contributed by atoms with Gasteiger partial charge in [0.2, 0.25) is 0 Å². The molecule has 5 rings (SSSR count). The molecular weight excluding hydrogens is 380 g/mol. The molecule has 0 saturated heterocycles. The smallest absolute Gasteiger partial charge is 0.338 e. The van der Waals surface area contributed by atoms with Crippen molar-refractivity contribution in [3.63, 3.8) is 0 Å². The van der Waals surface area contributed by atoms with Gasteiger partial charge >= 0.3 is 5.97 Å². The van der Waals surface area contributed by atoms with E-state index in [0.29, 0.717) is 16.7 Å². The highest BCUT2D eigenvalue weighted by Crippen LogP contribution is 2.36. The summed E-state index contributed by atoms with van der Waals surface area (Å²) < 4.78 is 10.5. The van der Waals surface area contributed by atoms with E-state index in [4.69, 9.17) is 9.15 Å². The minimum atomic E-state index is -0.579. The van der Waals surface area contributed by atoms with Crippen LogP contribution in [-0.2, 0) is 22.4 Å². The molecule has 0 saturated carbocycles. The first-order chi connectivity index (χ1) is 14.7. The summed E-state index contributed by atoms with van der Waals surface area (Å²) in [5, 5.41) is 0. The predicted octanol–water partition coefficient (Wildman–Crippen LogP) is 4.45. The van der Waals surface area contributed by atoms with Gasteiger partial charge < -0.3 is 9.15 Å². The van der Waals surface area contributed by atoms with Gasteiger partial charge in [-0.25, -0.2) is 9.78 Å². The van der Waals surface area contributed by atoms with E-state index in [9.17, 15) is 9.59 Å². The molecule has 0 N–H and O–H groups in total. The van der Waals surface area contributed by atoms with E-state index >= 15 is 0 Å². The Morgan fingerprint density at radius 1 is 0.933 bits per heavy atom. The van der Waals surface area contributed by atoms with E-state index in [2.05, 4.69) is 4.98 Å². The Kier molecular flexibility index (Phi) is 4.52. The van der Waals surface area contributed by atoms with Gasteiger partial charge in [-0.1, -0.05) is 36.4 Å². The van der Waals surface area contributed by atoms with Gasteiger partial charge in [-0.3, -0.25) is 9.69 Å². The molecule has 1 aliphatic heterocycles. The molecule has 0 fully saturated rings. The molecule has 0 radical (unpaired) electrons. The number of carbonyl (C=O) groups excluding carboxylic acids is 2. The van der Waals surface area contributed by atoms with Crippen molar-refractivity contribution >= 4 is 34.4 Å². The lowest BCUT2D eigenvalue weighted by Gasteiger charge is -2.24. The van der Waals surface area contributed by atoms with Crippen molar-refractivity contribution in [2.24, 2.45) is 0 Å². The van der Waals surface area contributed by atoms with Crippen LogP contribution in [0.1, 0.15) is 21.5 Å². The summed E-state index contributed by atoms with van der Waals surface area (Å²) >= 11 is 0. The number of aromatic nitrogens is 1. The number of ether oxygens (including phenoxy) is 1. The van der Waals surface area contributed by atoms with Crippen molar-refractivity contribution < 1.29 is 18.7 Å². The number of amides is 1. The minimum Gasteiger partial charge on any atom is -0.452 e. The zero-order chi connectivity index (χ0) is 20.5. The molecule has 3 aromatic carbocycles. The Hall–Kier alpha value is -3.93. The number of aryl methyl sites for hydroxylation is 2. The maximum absolute atomic E-state index is 13.2. The first-order valence-corrected chi connectivity index (χ1v) is 9.70. The minimum absolute atomic E-state index is 0.298. The first-order valence-electron chi connectivity index (χ1n) is 9.70. The van der Waals surface area contributed by atoms with Crippen LogP contribution in [0.2, 0.25) is 0 Å². The van der Waals surface area contributed by atoms with Gasteiger partial charge in [0.15, 0.2) is 18.6 Å². The molecule has 6 heteroatoms. The molecule has 0 aliphatic carbocycles. The van der Waals surface area contributed by atoms with E-state index in [1.165, 1.54) is 6.39 Å². The number of hydrogen-bond donors (Lipinski definition) is 0. The fraction of sp³-hybridized carbons (Fsp3) is 0.125. The van der Waals surface area contributed by atoms with Crippen LogP contribution in [0.15, 0.2) is 77.5 Å². The van der Waals surface area contributed by atoms with Crippen LogP contribution in [0.4, 0.5) is 11.4 Å². The van der Waals surface area contributed by atoms with Crippen molar-refractivity contribution in [2.75, 3.05) is 11.5 Å². The largest absolute Gasteiger partial charge is 0.452 e. The molecule has 2 heterocycles. The summed E-state index contributed by atoms with van der Waals surface area (Å²) in [6, 6.07) is 20.5. The van der Waals surface area contributed by atoms with Gasteiger partial charge in [0.05, 0.1) is 16.9 Å². The Bertz CT molecular complexity index is 1210. The number of carbonyl (C=O) groups is 2. The maximum atomic E-state index is 13.2. The number of hydrogen-bond acceptors (Lipinski definition) is 5. The Morgan fingerprint density at radius 3 is 2.30 bits per heavy atom. The normalized spacial score (nSPS) is 12.7. The van der Waals surface area contributed by atoms with Gasteiger partial charge in [-0.2, -0.15) is 0 Å². The average Bonchev–Trinajstić information content (AvgIpc) is 3.18. The molecule has 1 amide bonds. The van der Waals surface area contributed by atoms with Gasteiger partial charge in [0, 0.05) is 0 Å². The van der Waals surface area contributed by atoms with E-state index in [1.54, 1.807) is 23.1 Å². The van der Waals surface area contributed by atoms with Crippen LogP contribution in [-0.4, -0.2) is 23.5 Å². The van der Waals surface area contributed by atoms with Crippen molar-refractivity contribution in [1.82, 2.24) is 4.98 Å². The number of esters is 1. The molecule has 0 atom stereocenters. The maximum Gasteiger partial charge on any atom is 0.338 e. The highest BCUT2D eigenvalue weighted by molar-refractivity contribution is 6.04. The van der Waals surface area contributed by atoms with Crippen LogP contribution in [0, 0.1) is 0 Å². The van der Waals surface area contributed by atoms with Crippen molar-refractivity contribution in [3.05, 3.63) is 89.8 Å². The van der Waals surface area contributed by atoms with Crippen molar-refractivity contribution in [3.8, 4) is 0 Å². The highest BCUT2D eigenvalue weighted by Gasteiger charge is 2.26. The lowest BCUT2D eigenvalue weighted by atomic mass is 10.0. The van der Waals surface area contributed by atoms with Gasteiger partial charge in [0.1, 0.15) is 5.52 Å². The van der Waals surface area contributed by atoms with Crippen LogP contribution in [0.25, 0.3) is 11.1 Å². The third kappa shape index (κ3) is 3.22. The SMILES string of the molecule is O=C(OCC(=O)N1c2ccccc2CCc2ccccc21)c1ccc2ocnc2c1.